The molecule has 0 atom stereocenters. The minimum Gasteiger partial charge on any atom is -0.350 e. The maximum Gasteiger partial charge on any atom is 0.321 e. The van der Waals surface area contributed by atoms with Gasteiger partial charge in [0.2, 0.25) is 0 Å². The van der Waals surface area contributed by atoms with Crippen molar-refractivity contribution in [2.45, 2.75) is 19.6 Å². The largest absolute Gasteiger partial charge is 0.350 e. The Balaban J connectivity index is 1.83. The summed E-state index contributed by atoms with van der Waals surface area (Å²) in [5.41, 5.74) is 1.84. The molecule has 0 radical (unpaired) electrons. The second kappa shape index (κ2) is 7.06. The van der Waals surface area contributed by atoms with Gasteiger partial charge in [0.05, 0.1) is 13.2 Å². The van der Waals surface area contributed by atoms with Gasteiger partial charge in [-0.1, -0.05) is 15.9 Å². The fourth-order valence-electron chi connectivity index (χ4n) is 1.95. The van der Waals surface area contributed by atoms with E-state index in [1.807, 2.05) is 25.1 Å². The van der Waals surface area contributed by atoms with Gasteiger partial charge in [0.15, 0.2) is 6.29 Å². The van der Waals surface area contributed by atoms with Gasteiger partial charge in [0.1, 0.15) is 0 Å². The zero-order chi connectivity index (χ0) is 14.5. The average molecular weight is 343 g/mol. The fourth-order valence-corrected chi connectivity index (χ4v) is 2.43. The Hall–Kier alpha value is -1.11. The van der Waals surface area contributed by atoms with Crippen LogP contribution in [0.1, 0.15) is 12.0 Å². The van der Waals surface area contributed by atoms with Crippen LogP contribution < -0.4 is 5.32 Å². The molecule has 1 saturated heterocycles. The van der Waals surface area contributed by atoms with E-state index in [0.717, 1.165) is 15.7 Å². The Kier molecular flexibility index (Phi) is 5.39. The summed E-state index contributed by atoms with van der Waals surface area (Å²) in [7, 11) is 1.76. The van der Waals surface area contributed by atoms with E-state index in [0.29, 0.717) is 26.2 Å². The number of carbonyl (C=O) groups is 1. The zero-order valence-corrected chi connectivity index (χ0v) is 13.3. The van der Waals surface area contributed by atoms with Crippen molar-refractivity contribution in [3.8, 4) is 0 Å². The number of halogens is 1. The first-order valence-electron chi connectivity index (χ1n) is 6.58. The number of hydrogen-bond acceptors (Lipinski definition) is 3. The van der Waals surface area contributed by atoms with Crippen LogP contribution in [0.3, 0.4) is 0 Å². The number of rotatable bonds is 4. The quantitative estimate of drug-likeness (QED) is 0.914. The van der Waals surface area contributed by atoms with E-state index in [9.17, 15) is 4.79 Å². The lowest BCUT2D eigenvalue weighted by atomic mass is 10.2. The molecule has 0 aliphatic carbocycles. The van der Waals surface area contributed by atoms with Crippen LogP contribution in [-0.4, -0.2) is 44.0 Å². The Morgan fingerprint density at radius 2 is 2.15 bits per heavy atom. The Morgan fingerprint density at radius 1 is 1.45 bits per heavy atom. The van der Waals surface area contributed by atoms with Gasteiger partial charge in [-0.15, -0.1) is 0 Å². The third kappa shape index (κ3) is 4.19. The number of amides is 2. The standard InChI is InChI=1S/C14H19BrN2O3/c1-10-9-11(15)3-4-12(10)16-14(18)17(2)6-5-13-19-7-8-20-13/h3-4,9,13H,5-8H2,1-2H3,(H,16,18). The number of benzene rings is 1. The van der Waals surface area contributed by atoms with Gasteiger partial charge in [0.25, 0.3) is 0 Å². The number of nitrogens with one attached hydrogen (secondary N) is 1. The molecule has 1 fully saturated rings. The van der Waals surface area contributed by atoms with Gasteiger partial charge >= 0.3 is 6.03 Å². The van der Waals surface area contributed by atoms with Crippen molar-refractivity contribution in [3.63, 3.8) is 0 Å². The first-order chi connectivity index (χ1) is 9.56. The number of carbonyl (C=O) groups excluding carboxylic acids is 1. The van der Waals surface area contributed by atoms with E-state index in [-0.39, 0.29) is 12.3 Å². The third-order valence-electron chi connectivity index (χ3n) is 3.17. The zero-order valence-electron chi connectivity index (χ0n) is 11.7. The highest BCUT2D eigenvalue weighted by atomic mass is 79.9. The summed E-state index contributed by atoms with van der Waals surface area (Å²) in [6.45, 7) is 3.82. The van der Waals surface area contributed by atoms with Gasteiger partial charge in [0, 0.05) is 30.2 Å². The summed E-state index contributed by atoms with van der Waals surface area (Å²) in [6, 6.07) is 5.63. The first-order valence-corrected chi connectivity index (χ1v) is 7.37. The summed E-state index contributed by atoms with van der Waals surface area (Å²) in [5.74, 6) is 0. The maximum atomic E-state index is 12.1. The molecule has 1 aromatic carbocycles. The molecule has 1 N–H and O–H groups in total. The minimum atomic E-state index is -0.181. The molecule has 0 bridgehead atoms. The second-order valence-corrected chi connectivity index (χ2v) is 5.69. The summed E-state index contributed by atoms with van der Waals surface area (Å²) in [4.78, 5) is 13.7. The average Bonchev–Trinajstić information content (AvgIpc) is 2.92. The van der Waals surface area contributed by atoms with Crippen LogP contribution in [-0.2, 0) is 9.47 Å². The van der Waals surface area contributed by atoms with Crippen LogP contribution in [0.5, 0.6) is 0 Å². The molecule has 1 aliphatic heterocycles. The minimum absolute atomic E-state index is 0.131. The molecule has 110 valence electrons. The van der Waals surface area contributed by atoms with Crippen molar-refractivity contribution >= 4 is 27.6 Å². The number of hydrogen-bond donors (Lipinski definition) is 1. The number of nitrogens with zero attached hydrogens (tertiary/aromatic N) is 1. The lowest BCUT2D eigenvalue weighted by molar-refractivity contribution is -0.0488. The number of urea groups is 1. The molecular formula is C14H19BrN2O3. The van der Waals surface area contributed by atoms with Crippen molar-refractivity contribution in [3.05, 3.63) is 28.2 Å². The molecule has 1 aromatic rings. The van der Waals surface area contributed by atoms with Crippen molar-refractivity contribution in [2.24, 2.45) is 0 Å². The monoisotopic (exact) mass is 342 g/mol. The predicted octanol–water partition coefficient (Wildman–Crippen LogP) is 2.98. The van der Waals surface area contributed by atoms with Crippen LogP contribution in [0, 0.1) is 6.92 Å². The van der Waals surface area contributed by atoms with Crippen LogP contribution >= 0.6 is 15.9 Å². The number of aryl methyl sites for hydroxylation is 1. The predicted molar refractivity (Wildman–Crippen MR) is 80.8 cm³/mol. The Bertz CT molecular complexity index is 475. The summed E-state index contributed by atoms with van der Waals surface area (Å²) in [6.07, 6.45) is 0.503. The highest BCUT2D eigenvalue weighted by molar-refractivity contribution is 9.10. The molecule has 2 amide bonds. The van der Waals surface area contributed by atoms with E-state index in [4.69, 9.17) is 9.47 Å². The molecule has 0 aromatic heterocycles. The summed E-state index contributed by atoms with van der Waals surface area (Å²) >= 11 is 3.40. The molecule has 1 heterocycles. The van der Waals surface area contributed by atoms with E-state index >= 15 is 0 Å². The van der Waals surface area contributed by atoms with Crippen LogP contribution in [0.15, 0.2) is 22.7 Å². The number of anilines is 1. The fraction of sp³-hybridized carbons (Fsp3) is 0.500. The molecule has 0 spiro atoms. The van der Waals surface area contributed by atoms with E-state index in [2.05, 4.69) is 21.2 Å². The van der Waals surface area contributed by atoms with E-state index in [1.165, 1.54) is 0 Å². The summed E-state index contributed by atoms with van der Waals surface area (Å²) in [5, 5.41) is 2.90. The van der Waals surface area contributed by atoms with Gasteiger partial charge in [-0.2, -0.15) is 0 Å². The van der Waals surface area contributed by atoms with Crippen molar-refractivity contribution < 1.29 is 14.3 Å². The highest BCUT2D eigenvalue weighted by Crippen LogP contribution is 2.20. The SMILES string of the molecule is Cc1cc(Br)ccc1NC(=O)N(C)CCC1OCCO1. The molecule has 1 aliphatic rings. The van der Waals surface area contributed by atoms with Gasteiger partial charge in [-0.05, 0) is 30.7 Å². The normalized spacial score (nSPS) is 15.3. The van der Waals surface area contributed by atoms with Crippen molar-refractivity contribution in [1.29, 1.82) is 0 Å². The van der Waals surface area contributed by atoms with Crippen LogP contribution in [0.4, 0.5) is 10.5 Å². The summed E-state index contributed by atoms with van der Waals surface area (Å²) < 4.78 is 11.7. The van der Waals surface area contributed by atoms with Gasteiger partial charge < -0.3 is 19.7 Å². The van der Waals surface area contributed by atoms with Crippen molar-refractivity contribution in [2.75, 3.05) is 32.1 Å². The molecule has 0 saturated carbocycles. The van der Waals surface area contributed by atoms with E-state index < -0.39 is 0 Å². The highest BCUT2D eigenvalue weighted by Gasteiger charge is 2.18. The van der Waals surface area contributed by atoms with Crippen LogP contribution in [0.2, 0.25) is 0 Å². The van der Waals surface area contributed by atoms with Gasteiger partial charge in [-0.3, -0.25) is 0 Å². The number of ether oxygens (including phenoxy) is 2. The molecule has 0 unspecified atom stereocenters. The Morgan fingerprint density at radius 3 is 2.80 bits per heavy atom. The lowest BCUT2D eigenvalue weighted by Gasteiger charge is -2.20. The third-order valence-corrected chi connectivity index (χ3v) is 3.66. The molecule has 6 heteroatoms. The van der Waals surface area contributed by atoms with Crippen LogP contribution in [0.25, 0.3) is 0 Å². The first kappa shape index (κ1) is 15.3. The van der Waals surface area contributed by atoms with Gasteiger partial charge in [-0.25, -0.2) is 4.79 Å². The molecular weight excluding hydrogens is 324 g/mol. The molecule has 5 nitrogen and oxygen atoms in total. The molecule has 2 rings (SSSR count). The topological polar surface area (TPSA) is 50.8 Å². The smallest absolute Gasteiger partial charge is 0.321 e. The van der Waals surface area contributed by atoms with Crippen molar-refractivity contribution in [1.82, 2.24) is 4.90 Å². The second-order valence-electron chi connectivity index (χ2n) is 4.77. The lowest BCUT2D eigenvalue weighted by Crippen LogP contribution is -2.34. The Labute approximate surface area is 127 Å². The molecule has 20 heavy (non-hydrogen) atoms. The van der Waals surface area contributed by atoms with E-state index in [1.54, 1.807) is 11.9 Å². The maximum absolute atomic E-state index is 12.1.